The van der Waals surface area contributed by atoms with Crippen LogP contribution in [0.25, 0.3) is 0 Å². The van der Waals surface area contributed by atoms with Gasteiger partial charge in [0.05, 0.1) is 47.6 Å². The van der Waals surface area contributed by atoms with E-state index in [9.17, 15) is 14.0 Å². The highest BCUT2D eigenvalue weighted by atomic mass is 35.5. The number of anilines is 1. The molecule has 6 nitrogen and oxygen atoms in total. The van der Waals surface area contributed by atoms with Crippen molar-refractivity contribution in [2.24, 2.45) is 0 Å². The Hall–Kier alpha value is -2.03. The van der Waals surface area contributed by atoms with Crippen molar-refractivity contribution in [3.8, 4) is 0 Å². The van der Waals surface area contributed by atoms with E-state index in [0.717, 1.165) is 51.4 Å². The lowest BCUT2D eigenvalue weighted by atomic mass is 10.1. The summed E-state index contributed by atoms with van der Waals surface area (Å²) < 4.78 is 22.8. The molecule has 2 aromatic rings. The van der Waals surface area contributed by atoms with Gasteiger partial charge in [0.25, 0.3) is 0 Å². The molecule has 0 amide bonds. The number of benzene rings is 2. The van der Waals surface area contributed by atoms with E-state index in [-0.39, 0.29) is 10.6 Å². The van der Waals surface area contributed by atoms with Gasteiger partial charge in [-0.15, -0.1) is 0 Å². The van der Waals surface area contributed by atoms with Crippen molar-refractivity contribution in [3.05, 3.63) is 63.4 Å². The van der Waals surface area contributed by atoms with Gasteiger partial charge in [0.2, 0.25) is 0 Å². The van der Waals surface area contributed by atoms with Crippen molar-refractivity contribution in [3.63, 3.8) is 0 Å². The zero-order valence-corrected chi connectivity index (χ0v) is 18.5. The zero-order chi connectivity index (χ0) is 22.5. The Labute approximate surface area is 191 Å². The largest absolute Gasteiger partial charge is 0.379 e. The summed E-state index contributed by atoms with van der Waals surface area (Å²) in [6, 6.07) is 9.62. The third-order valence-corrected chi connectivity index (χ3v) is 5.12. The van der Waals surface area contributed by atoms with E-state index in [0.29, 0.717) is 30.1 Å². The van der Waals surface area contributed by atoms with Gasteiger partial charge in [0.15, 0.2) is 12.6 Å². The number of nitrogens with zero attached hydrogens (tertiary/aromatic N) is 1. The number of nitrogens with one attached hydrogen (secondary N) is 1. The normalized spacial score (nSPS) is 15.6. The molecule has 2 heterocycles. The van der Waals surface area contributed by atoms with Crippen LogP contribution in [0.3, 0.4) is 0 Å². The van der Waals surface area contributed by atoms with Crippen molar-refractivity contribution in [1.82, 2.24) is 5.32 Å². The quantitative estimate of drug-likeness (QED) is 0.686. The van der Waals surface area contributed by atoms with E-state index in [2.05, 4.69) is 10.2 Å². The van der Waals surface area contributed by atoms with Gasteiger partial charge in [0, 0.05) is 31.9 Å². The lowest BCUT2D eigenvalue weighted by molar-refractivity contribution is 0.109. The topological polar surface area (TPSA) is 67.9 Å². The molecule has 0 radical (unpaired) electrons. The maximum Gasteiger partial charge on any atom is 0.154 e. The summed E-state index contributed by atoms with van der Waals surface area (Å²) in [4.78, 5) is 23.2. The maximum atomic E-state index is 12.5. The van der Waals surface area contributed by atoms with Crippen LogP contribution in [0.4, 0.5) is 10.1 Å². The zero-order valence-electron chi connectivity index (χ0n) is 17.0. The van der Waals surface area contributed by atoms with E-state index in [4.69, 9.17) is 32.7 Å². The first kappa shape index (κ1) is 25.2. The summed E-state index contributed by atoms with van der Waals surface area (Å²) in [5.74, 6) is -0.581. The molecule has 0 unspecified atom stereocenters. The van der Waals surface area contributed by atoms with Crippen molar-refractivity contribution >= 4 is 41.5 Å². The van der Waals surface area contributed by atoms with Crippen LogP contribution in [0.5, 0.6) is 0 Å². The average Bonchev–Trinajstić information content (AvgIpc) is 2.82. The Morgan fingerprint density at radius 1 is 0.839 bits per heavy atom. The van der Waals surface area contributed by atoms with Gasteiger partial charge < -0.3 is 19.7 Å². The van der Waals surface area contributed by atoms with Gasteiger partial charge in [-0.2, -0.15) is 0 Å². The highest BCUT2D eigenvalue weighted by Crippen LogP contribution is 2.26. The van der Waals surface area contributed by atoms with E-state index < -0.39 is 5.82 Å². The molecule has 0 bridgehead atoms. The Morgan fingerprint density at radius 2 is 1.39 bits per heavy atom. The molecular formula is C22H25Cl2FN2O4. The Morgan fingerprint density at radius 3 is 1.84 bits per heavy atom. The summed E-state index contributed by atoms with van der Waals surface area (Å²) in [5, 5.41) is 3.82. The Balaban J connectivity index is 0.000000183. The molecule has 0 aromatic heterocycles. The second-order valence-corrected chi connectivity index (χ2v) is 7.32. The molecule has 4 rings (SSSR count). The monoisotopic (exact) mass is 470 g/mol. The minimum Gasteiger partial charge on any atom is -0.379 e. The predicted octanol–water partition coefficient (Wildman–Crippen LogP) is 3.89. The van der Waals surface area contributed by atoms with Gasteiger partial charge in [-0.3, -0.25) is 9.59 Å². The van der Waals surface area contributed by atoms with Crippen molar-refractivity contribution in [2.75, 3.05) is 57.5 Å². The van der Waals surface area contributed by atoms with Crippen LogP contribution in [0.1, 0.15) is 20.7 Å². The fraction of sp³-hybridized carbons (Fsp3) is 0.364. The van der Waals surface area contributed by atoms with Crippen LogP contribution in [0.2, 0.25) is 10.0 Å². The molecule has 2 aliphatic heterocycles. The summed E-state index contributed by atoms with van der Waals surface area (Å²) in [5.41, 5.74) is 1.39. The second-order valence-electron chi connectivity index (χ2n) is 6.51. The number of hydrogen-bond donors (Lipinski definition) is 1. The standard InChI is InChI=1S/C11H12ClNO2.C7H4ClFO.C4H9NO/c12-10-2-1-3-11(9(10)8-14)13-4-6-15-7-5-13;8-6-2-1-3-7(9)5(6)4-10;1-3-6-4-2-5-1/h1-3,8H,4-7H2;1-4H;5H,1-4H2. The SMILES string of the molecule is C1COCCN1.O=Cc1c(Cl)cccc1N1CCOCC1.O=Cc1c(F)cccc1Cl. The van der Waals surface area contributed by atoms with E-state index in [1.165, 1.54) is 18.2 Å². The summed E-state index contributed by atoms with van der Waals surface area (Å²) in [6.45, 7) is 6.85. The first-order valence-corrected chi connectivity index (χ1v) is 10.6. The number of hydrogen-bond acceptors (Lipinski definition) is 6. The molecule has 0 atom stereocenters. The van der Waals surface area contributed by atoms with E-state index in [1.807, 2.05) is 12.1 Å². The first-order chi connectivity index (χ1) is 15.1. The number of carbonyl (C=O) groups is 2. The Kier molecular flexibility index (Phi) is 11.5. The maximum absolute atomic E-state index is 12.5. The molecule has 2 aliphatic rings. The molecular weight excluding hydrogens is 446 g/mol. The lowest BCUT2D eigenvalue weighted by Gasteiger charge is -2.29. The van der Waals surface area contributed by atoms with Crippen molar-refractivity contribution in [1.29, 1.82) is 0 Å². The van der Waals surface area contributed by atoms with E-state index >= 15 is 0 Å². The van der Waals surface area contributed by atoms with Crippen LogP contribution in [-0.4, -0.2) is 65.2 Å². The van der Waals surface area contributed by atoms with Crippen LogP contribution in [0.15, 0.2) is 36.4 Å². The van der Waals surface area contributed by atoms with Gasteiger partial charge in [-0.05, 0) is 24.3 Å². The van der Waals surface area contributed by atoms with Crippen LogP contribution in [0, 0.1) is 5.82 Å². The molecule has 2 fully saturated rings. The van der Waals surface area contributed by atoms with Crippen LogP contribution >= 0.6 is 23.2 Å². The predicted molar refractivity (Wildman–Crippen MR) is 120 cm³/mol. The molecule has 9 heteroatoms. The lowest BCUT2D eigenvalue weighted by Crippen LogP contribution is -2.36. The van der Waals surface area contributed by atoms with E-state index in [1.54, 1.807) is 6.07 Å². The Bertz CT molecular complexity index is 812. The van der Waals surface area contributed by atoms with Crippen molar-refractivity contribution < 1.29 is 23.5 Å². The first-order valence-electron chi connectivity index (χ1n) is 9.82. The molecule has 31 heavy (non-hydrogen) atoms. The highest BCUT2D eigenvalue weighted by Gasteiger charge is 2.15. The summed E-state index contributed by atoms with van der Waals surface area (Å²) >= 11 is 11.4. The van der Waals surface area contributed by atoms with Gasteiger partial charge >= 0.3 is 0 Å². The van der Waals surface area contributed by atoms with Gasteiger partial charge in [-0.25, -0.2) is 4.39 Å². The molecule has 0 spiro atoms. The minimum atomic E-state index is -0.581. The molecule has 168 valence electrons. The molecule has 1 N–H and O–H groups in total. The smallest absolute Gasteiger partial charge is 0.154 e. The third kappa shape index (κ3) is 8.20. The fourth-order valence-electron chi connectivity index (χ4n) is 2.86. The number of halogens is 3. The highest BCUT2D eigenvalue weighted by molar-refractivity contribution is 6.33. The van der Waals surface area contributed by atoms with Crippen molar-refractivity contribution in [2.45, 2.75) is 0 Å². The number of carbonyl (C=O) groups excluding carboxylic acids is 2. The van der Waals surface area contributed by atoms with Gasteiger partial charge in [0.1, 0.15) is 5.82 Å². The third-order valence-electron chi connectivity index (χ3n) is 4.46. The minimum absolute atomic E-state index is 0.0795. The molecule has 0 aliphatic carbocycles. The molecule has 2 saturated heterocycles. The number of rotatable bonds is 3. The summed E-state index contributed by atoms with van der Waals surface area (Å²) in [7, 11) is 0. The van der Waals surface area contributed by atoms with Crippen LogP contribution in [-0.2, 0) is 9.47 Å². The van der Waals surface area contributed by atoms with Gasteiger partial charge in [-0.1, -0.05) is 35.3 Å². The van der Waals surface area contributed by atoms with Crippen LogP contribution < -0.4 is 10.2 Å². The molecule has 2 aromatic carbocycles. The molecule has 0 saturated carbocycles. The second kappa shape index (κ2) is 14.1. The number of aldehydes is 2. The number of morpholine rings is 2. The number of ether oxygens (including phenoxy) is 2. The summed E-state index contributed by atoms with van der Waals surface area (Å²) in [6.07, 6.45) is 1.21. The average molecular weight is 471 g/mol. The fourth-order valence-corrected chi connectivity index (χ4v) is 3.28.